The molecule has 0 saturated carbocycles. The third-order valence-electron chi connectivity index (χ3n) is 1.94. The van der Waals surface area contributed by atoms with E-state index in [1.807, 2.05) is 6.92 Å². The van der Waals surface area contributed by atoms with E-state index in [-0.39, 0.29) is 18.0 Å². The Bertz CT molecular complexity index is 411. The summed E-state index contributed by atoms with van der Waals surface area (Å²) in [6.07, 6.45) is 0.783. The molecule has 0 fully saturated rings. The maximum absolute atomic E-state index is 13.2. The van der Waals surface area contributed by atoms with Crippen molar-refractivity contribution in [2.24, 2.45) is 0 Å². The number of halogens is 2. The van der Waals surface area contributed by atoms with Crippen LogP contribution in [-0.4, -0.2) is 19.1 Å². The molecule has 6 heteroatoms. The summed E-state index contributed by atoms with van der Waals surface area (Å²) in [4.78, 5) is 11.3. The number of anilines is 2. The number of ether oxygens (including phenoxy) is 1. The van der Waals surface area contributed by atoms with Crippen molar-refractivity contribution in [3.8, 4) is 0 Å². The molecule has 0 bridgehead atoms. The summed E-state index contributed by atoms with van der Waals surface area (Å²) in [6.45, 7) is 2.17. The normalized spacial score (nSPS) is 10.3. The van der Waals surface area contributed by atoms with Crippen LogP contribution in [0, 0.1) is 11.6 Å². The third kappa shape index (κ3) is 3.99. The molecule has 0 atom stereocenters. The van der Waals surface area contributed by atoms with Gasteiger partial charge in [-0.25, -0.2) is 8.78 Å². The van der Waals surface area contributed by atoms with Crippen LogP contribution in [0.5, 0.6) is 0 Å². The molecule has 1 rings (SSSR count). The van der Waals surface area contributed by atoms with Gasteiger partial charge in [-0.15, -0.1) is 0 Å². The number of carbonyl (C=O) groups is 1. The molecule has 0 radical (unpaired) electrons. The van der Waals surface area contributed by atoms with Gasteiger partial charge < -0.3 is 15.8 Å². The van der Waals surface area contributed by atoms with Crippen LogP contribution in [0.15, 0.2) is 12.1 Å². The molecule has 0 heterocycles. The zero-order chi connectivity index (χ0) is 12.8. The Kier molecular flexibility index (Phi) is 4.84. The minimum atomic E-state index is -0.874. The van der Waals surface area contributed by atoms with Crippen molar-refractivity contribution in [1.29, 1.82) is 0 Å². The molecule has 0 spiro atoms. The molecule has 0 aliphatic carbocycles. The molecule has 1 aromatic carbocycles. The number of hydrogen-bond donors (Lipinski definition) is 2. The number of rotatable bonds is 5. The molecule has 0 aliphatic rings. The molecule has 1 aromatic rings. The fourth-order valence-corrected chi connectivity index (χ4v) is 1.16. The van der Waals surface area contributed by atoms with E-state index in [9.17, 15) is 13.6 Å². The Morgan fingerprint density at radius 2 is 2.12 bits per heavy atom. The Hall–Kier alpha value is -1.69. The second-order valence-electron chi connectivity index (χ2n) is 3.45. The third-order valence-corrected chi connectivity index (χ3v) is 1.94. The molecule has 3 N–H and O–H groups in total. The molecule has 0 aromatic heterocycles. The zero-order valence-corrected chi connectivity index (χ0v) is 9.43. The summed E-state index contributed by atoms with van der Waals surface area (Å²) in [7, 11) is 0. The van der Waals surface area contributed by atoms with Crippen LogP contribution in [-0.2, 0) is 9.53 Å². The summed E-state index contributed by atoms with van der Waals surface area (Å²) < 4.78 is 31.0. The van der Waals surface area contributed by atoms with Crippen molar-refractivity contribution in [2.75, 3.05) is 24.3 Å². The van der Waals surface area contributed by atoms with Gasteiger partial charge in [0.05, 0.1) is 11.4 Å². The SMILES string of the molecule is CCCOCC(=O)Nc1cc(N)c(F)cc1F. The van der Waals surface area contributed by atoms with Gasteiger partial charge in [0, 0.05) is 12.7 Å². The standard InChI is InChI=1S/C11H14F2N2O2/c1-2-3-17-6-11(16)15-10-5-9(14)7(12)4-8(10)13/h4-5H,2-3,6,14H2,1H3,(H,15,16). The fraction of sp³-hybridized carbons (Fsp3) is 0.364. The largest absolute Gasteiger partial charge is 0.396 e. The Balaban J connectivity index is 2.62. The highest BCUT2D eigenvalue weighted by molar-refractivity contribution is 5.92. The van der Waals surface area contributed by atoms with Gasteiger partial charge in [-0.1, -0.05) is 6.92 Å². The lowest BCUT2D eigenvalue weighted by Crippen LogP contribution is -2.19. The monoisotopic (exact) mass is 244 g/mol. The Morgan fingerprint density at radius 1 is 1.41 bits per heavy atom. The van der Waals surface area contributed by atoms with E-state index in [1.165, 1.54) is 0 Å². The minimum Gasteiger partial charge on any atom is -0.396 e. The van der Waals surface area contributed by atoms with Crippen molar-refractivity contribution in [3.05, 3.63) is 23.8 Å². The topological polar surface area (TPSA) is 64.3 Å². The van der Waals surface area contributed by atoms with Gasteiger partial charge >= 0.3 is 0 Å². The van der Waals surface area contributed by atoms with E-state index in [0.29, 0.717) is 12.7 Å². The van der Waals surface area contributed by atoms with E-state index in [4.69, 9.17) is 10.5 Å². The average Bonchev–Trinajstić information content (AvgIpc) is 2.26. The highest BCUT2D eigenvalue weighted by Gasteiger charge is 2.10. The fourth-order valence-electron chi connectivity index (χ4n) is 1.16. The molecule has 1 amide bonds. The molecule has 0 saturated heterocycles. The van der Waals surface area contributed by atoms with Crippen LogP contribution in [0.4, 0.5) is 20.2 Å². The first-order chi connectivity index (χ1) is 8.04. The lowest BCUT2D eigenvalue weighted by atomic mass is 10.2. The summed E-state index contributed by atoms with van der Waals surface area (Å²) in [5.41, 5.74) is 4.88. The average molecular weight is 244 g/mol. The maximum Gasteiger partial charge on any atom is 0.250 e. The number of hydrogen-bond acceptors (Lipinski definition) is 3. The predicted molar refractivity (Wildman–Crippen MR) is 60.5 cm³/mol. The quantitative estimate of drug-likeness (QED) is 0.614. The maximum atomic E-state index is 13.2. The molecular formula is C11H14F2N2O2. The Labute approximate surface area is 97.8 Å². The second kappa shape index (κ2) is 6.15. The van der Waals surface area contributed by atoms with Gasteiger partial charge in [0.1, 0.15) is 18.2 Å². The number of nitrogen functional groups attached to an aromatic ring is 1. The molecule has 94 valence electrons. The first kappa shape index (κ1) is 13.4. The van der Waals surface area contributed by atoms with Gasteiger partial charge in [0.25, 0.3) is 0 Å². The number of benzene rings is 1. The smallest absolute Gasteiger partial charge is 0.250 e. The predicted octanol–water partition coefficient (Wildman–Crippen LogP) is 1.91. The molecule has 0 unspecified atom stereocenters. The molecule has 0 aliphatic heterocycles. The second-order valence-corrected chi connectivity index (χ2v) is 3.45. The van der Waals surface area contributed by atoms with Crippen LogP contribution < -0.4 is 11.1 Å². The van der Waals surface area contributed by atoms with Crippen LogP contribution in [0.25, 0.3) is 0 Å². The summed E-state index contributed by atoms with van der Waals surface area (Å²) in [6, 6.07) is 1.65. The number of nitrogens with one attached hydrogen (secondary N) is 1. The van der Waals surface area contributed by atoms with Crippen molar-refractivity contribution >= 4 is 17.3 Å². The van der Waals surface area contributed by atoms with E-state index >= 15 is 0 Å². The van der Waals surface area contributed by atoms with Crippen LogP contribution >= 0.6 is 0 Å². The number of carbonyl (C=O) groups excluding carboxylic acids is 1. The number of nitrogens with two attached hydrogens (primary N) is 1. The van der Waals surface area contributed by atoms with E-state index in [2.05, 4.69) is 5.32 Å². The van der Waals surface area contributed by atoms with Crippen LogP contribution in [0.2, 0.25) is 0 Å². The first-order valence-electron chi connectivity index (χ1n) is 5.16. The molecular weight excluding hydrogens is 230 g/mol. The van der Waals surface area contributed by atoms with Gasteiger partial charge in [0.15, 0.2) is 0 Å². The minimum absolute atomic E-state index is 0.158. The van der Waals surface area contributed by atoms with Gasteiger partial charge in [-0.2, -0.15) is 0 Å². The highest BCUT2D eigenvalue weighted by atomic mass is 19.1. The van der Waals surface area contributed by atoms with Crippen LogP contribution in [0.3, 0.4) is 0 Å². The number of amides is 1. The molecule has 4 nitrogen and oxygen atoms in total. The van der Waals surface area contributed by atoms with Gasteiger partial charge in [-0.05, 0) is 12.5 Å². The summed E-state index contributed by atoms with van der Waals surface area (Å²) >= 11 is 0. The highest BCUT2D eigenvalue weighted by Crippen LogP contribution is 2.20. The van der Waals surface area contributed by atoms with Crippen molar-refractivity contribution in [1.82, 2.24) is 0 Å². The van der Waals surface area contributed by atoms with Crippen molar-refractivity contribution in [3.63, 3.8) is 0 Å². The first-order valence-corrected chi connectivity index (χ1v) is 5.16. The lowest BCUT2D eigenvalue weighted by molar-refractivity contribution is -0.120. The van der Waals surface area contributed by atoms with Crippen molar-refractivity contribution < 1.29 is 18.3 Å². The van der Waals surface area contributed by atoms with Gasteiger partial charge in [-0.3, -0.25) is 4.79 Å². The zero-order valence-electron chi connectivity index (χ0n) is 9.43. The summed E-state index contributed by atoms with van der Waals surface area (Å²) in [5.74, 6) is -2.24. The Morgan fingerprint density at radius 3 is 2.76 bits per heavy atom. The van der Waals surface area contributed by atoms with E-state index < -0.39 is 17.5 Å². The van der Waals surface area contributed by atoms with E-state index in [0.717, 1.165) is 12.5 Å². The lowest BCUT2D eigenvalue weighted by Gasteiger charge is -2.08. The molecule has 17 heavy (non-hydrogen) atoms. The van der Waals surface area contributed by atoms with Crippen LogP contribution in [0.1, 0.15) is 13.3 Å². The van der Waals surface area contributed by atoms with Gasteiger partial charge in [0.2, 0.25) is 5.91 Å². The summed E-state index contributed by atoms with van der Waals surface area (Å²) in [5, 5.41) is 2.25. The van der Waals surface area contributed by atoms with Crippen molar-refractivity contribution in [2.45, 2.75) is 13.3 Å². The van der Waals surface area contributed by atoms with E-state index in [1.54, 1.807) is 0 Å².